The van der Waals surface area contributed by atoms with Gasteiger partial charge in [0, 0.05) is 6.42 Å². The van der Waals surface area contributed by atoms with E-state index in [4.69, 9.17) is 9.84 Å². The molecule has 0 spiro atoms. The quantitative estimate of drug-likeness (QED) is 0.161. The highest BCUT2D eigenvalue weighted by molar-refractivity contribution is 5.71. The predicted octanol–water partition coefficient (Wildman–Crippen LogP) is 5.11. The fourth-order valence-corrected chi connectivity index (χ4v) is 2.92. The van der Waals surface area contributed by atoms with Gasteiger partial charge in [0.2, 0.25) is 0 Å². The van der Waals surface area contributed by atoms with Crippen molar-refractivity contribution in [2.75, 3.05) is 27.7 Å². The highest BCUT2D eigenvalue weighted by atomic mass is 16.5. The summed E-state index contributed by atoms with van der Waals surface area (Å²) >= 11 is 0. The Morgan fingerprint density at radius 2 is 1.54 bits per heavy atom. The van der Waals surface area contributed by atoms with Crippen LogP contribution in [0.15, 0.2) is 24.3 Å². The number of nitrogens with zero attached hydrogens (tertiary/aromatic N) is 1. The SMILES string of the molecule is CCCCC/C=C\C/C=C\CCCCCC(=O)OC(CC(=O)O)C[N+](C)(C)C. The lowest BCUT2D eigenvalue weighted by atomic mass is 10.1. The summed E-state index contributed by atoms with van der Waals surface area (Å²) in [6, 6.07) is 0. The Morgan fingerprint density at radius 3 is 2.07 bits per heavy atom. The molecule has 0 fully saturated rings. The number of carboxylic acid groups (broad SMARTS) is 1. The van der Waals surface area contributed by atoms with E-state index in [0.29, 0.717) is 17.4 Å². The molecule has 0 radical (unpaired) electrons. The first-order valence-electron chi connectivity index (χ1n) is 10.8. The lowest BCUT2D eigenvalue weighted by Gasteiger charge is -2.28. The zero-order chi connectivity index (χ0) is 21.3. The highest BCUT2D eigenvalue weighted by Crippen LogP contribution is 2.10. The minimum atomic E-state index is -0.936. The summed E-state index contributed by atoms with van der Waals surface area (Å²) in [7, 11) is 5.87. The smallest absolute Gasteiger partial charge is 0.307 e. The Bertz CT molecular complexity index is 477. The molecule has 0 aromatic rings. The summed E-state index contributed by atoms with van der Waals surface area (Å²) in [5, 5.41) is 8.98. The molecule has 1 unspecified atom stereocenters. The van der Waals surface area contributed by atoms with E-state index in [0.717, 1.165) is 32.1 Å². The molecular weight excluding hydrogens is 354 g/mol. The van der Waals surface area contributed by atoms with E-state index in [1.165, 1.54) is 25.7 Å². The van der Waals surface area contributed by atoms with Gasteiger partial charge in [-0.15, -0.1) is 0 Å². The van der Waals surface area contributed by atoms with Crippen molar-refractivity contribution in [1.82, 2.24) is 0 Å². The van der Waals surface area contributed by atoms with Crippen molar-refractivity contribution in [2.24, 2.45) is 0 Å². The largest absolute Gasteiger partial charge is 0.481 e. The number of likely N-dealkylation sites (N-methyl/N-ethyl adjacent to an activating group) is 1. The summed E-state index contributed by atoms with van der Waals surface area (Å²) in [5.41, 5.74) is 0. The number of carbonyl (C=O) groups excluding carboxylic acids is 1. The van der Waals surface area contributed by atoms with Crippen LogP contribution in [0.3, 0.4) is 0 Å². The molecule has 28 heavy (non-hydrogen) atoms. The molecule has 0 rings (SSSR count). The summed E-state index contributed by atoms with van der Waals surface area (Å²) < 4.78 is 5.95. The van der Waals surface area contributed by atoms with Gasteiger partial charge < -0.3 is 14.3 Å². The molecule has 0 saturated heterocycles. The maximum absolute atomic E-state index is 12.0. The van der Waals surface area contributed by atoms with Crippen LogP contribution >= 0.6 is 0 Å². The molecule has 0 aromatic carbocycles. The van der Waals surface area contributed by atoms with Crippen LogP contribution in [-0.4, -0.2) is 55.3 Å². The maximum Gasteiger partial charge on any atom is 0.307 e. The number of hydrogen-bond acceptors (Lipinski definition) is 3. The van der Waals surface area contributed by atoms with Crippen molar-refractivity contribution in [3.05, 3.63) is 24.3 Å². The first kappa shape index (κ1) is 26.4. The van der Waals surface area contributed by atoms with Gasteiger partial charge in [-0.1, -0.05) is 50.5 Å². The molecule has 0 saturated carbocycles. The van der Waals surface area contributed by atoms with Crippen LogP contribution in [0.25, 0.3) is 0 Å². The Balaban J connectivity index is 3.82. The van der Waals surface area contributed by atoms with Crippen LogP contribution in [0, 0.1) is 0 Å². The number of allylic oxidation sites excluding steroid dienone is 4. The monoisotopic (exact) mass is 396 g/mol. The van der Waals surface area contributed by atoms with E-state index in [9.17, 15) is 9.59 Å². The Hall–Kier alpha value is -1.62. The lowest BCUT2D eigenvalue weighted by Crippen LogP contribution is -2.43. The van der Waals surface area contributed by atoms with Crippen molar-refractivity contribution < 1.29 is 23.9 Å². The van der Waals surface area contributed by atoms with E-state index >= 15 is 0 Å². The van der Waals surface area contributed by atoms with Gasteiger partial charge in [0.25, 0.3) is 0 Å². The summed E-state index contributed by atoms with van der Waals surface area (Å²) in [6.45, 7) is 2.72. The second-order valence-electron chi connectivity index (χ2n) is 8.46. The van der Waals surface area contributed by atoms with Gasteiger partial charge in [0.15, 0.2) is 6.10 Å². The standard InChI is InChI=1S/C23H41NO4/c1-5-6-7-8-9-10-11-12-13-14-15-16-17-18-23(27)28-21(19-22(25)26)20-24(2,3)4/h9-10,12-13,21H,5-8,11,14-20H2,1-4H3/p+1/b10-9-,13-12-. The van der Waals surface area contributed by atoms with Crippen molar-refractivity contribution in [2.45, 2.75) is 83.7 Å². The third-order valence-corrected chi connectivity index (χ3v) is 4.28. The van der Waals surface area contributed by atoms with Crippen molar-refractivity contribution in [1.29, 1.82) is 0 Å². The molecule has 0 heterocycles. The Labute approximate surface area is 172 Å². The van der Waals surface area contributed by atoms with Gasteiger partial charge >= 0.3 is 11.9 Å². The Morgan fingerprint density at radius 1 is 0.929 bits per heavy atom. The number of hydrogen-bond donors (Lipinski definition) is 1. The topological polar surface area (TPSA) is 63.6 Å². The molecule has 162 valence electrons. The van der Waals surface area contributed by atoms with E-state index < -0.39 is 12.1 Å². The molecule has 1 N–H and O–H groups in total. The van der Waals surface area contributed by atoms with E-state index in [1.54, 1.807) is 0 Å². The average molecular weight is 397 g/mol. The molecule has 1 atom stereocenters. The van der Waals surface area contributed by atoms with Crippen LogP contribution in [0.2, 0.25) is 0 Å². The van der Waals surface area contributed by atoms with Crippen LogP contribution in [0.1, 0.15) is 77.6 Å². The van der Waals surface area contributed by atoms with Gasteiger partial charge in [-0.25, -0.2) is 0 Å². The molecule has 0 bridgehead atoms. The van der Waals surface area contributed by atoms with Crippen LogP contribution in [0.5, 0.6) is 0 Å². The minimum absolute atomic E-state index is 0.140. The van der Waals surface area contributed by atoms with Crippen LogP contribution in [0.4, 0.5) is 0 Å². The number of carboxylic acids is 1. The summed E-state index contributed by atoms with van der Waals surface area (Å²) in [6.07, 6.45) is 18.4. The number of aliphatic carboxylic acids is 1. The fraction of sp³-hybridized carbons (Fsp3) is 0.739. The van der Waals surface area contributed by atoms with Gasteiger partial charge in [0.05, 0.1) is 27.6 Å². The number of quaternary nitrogens is 1. The molecule has 0 amide bonds. The van der Waals surface area contributed by atoms with E-state index in [2.05, 4.69) is 31.2 Å². The minimum Gasteiger partial charge on any atom is -0.481 e. The highest BCUT2D eigenvalue weighted by Gasteiger charge is 2.24. The summed E-state index contributed by atoms with van der Waals surface area (Å²) in [5.74, 6) is -1.22. The number of rotatable bonds is 17. The number of unbranched alkanes of at least 4 members (excludes halogenated alkanes) is 6. The van der Waals surface area contributed by atoms with E-state index in [-0.39, 0.29) is 12.4 Å². The number of carbonyl (C=O) groups is 2. The molecular formula is C23H42NO4+. The molecule has 0 aliphatic rings. The lowest BCUT2D eigenvalue weighted by molar-refractivity contribution is -0.873. The molecule has 0 aliphatic heterocycles. The van der Waals surface area contributed by atoms with Crippen LogP contribution < -0.4 is 0 Å². The van der Waals surface area contributed by atoms with Gasteiger partial charge in [0.1, 0.15) is 6.54 Å². The normalized spacial score (nSPS) is 13.3. The second kappa shape index (κ2) is 16.3. The van der Waals surface area contributed by atoms with Crippen molar-refractivity contribution in [3.8, 4) is 0 Å². The average Bonchev–Trinajstić information content (AvgIpc) is 2.56. The molecule has 0 aliphatic carbocycles. The number of esters is 1. The van der Waals surface area contributed by atoms with Gasteiger partial charge in [-0.3, -0.25) is 9.59 Å². The molecule has 0 aromatic heterocycles. The Kier molecular flexibility index (Phi) is 15.4. The zero-order valence-corrected chi connectivity index (χ0v) is 18.5. The second-order valence-corrected chi connectivity index (χ2v) is 8.46. The fourth-order valence-electron chi connectivity index (χ4n) is 2.92. The van der Waals surface area contributed by atoms with E-state index in [1.807, 2.05) is 21.1 Å². The van der Waals surface area contributed by atoms with Crippen molar-refractivity contribution in [3.63, 3.8) is 0 Å². The first-order chi connectivity index (χ1) is 13.2. The number of ether oxygens (including phenoxy) is 1. The molecule has 5 nitrogen and oxygen atoms in total. The van der Waals surface area contributed by atoms with Gasteiger partial charge in [-0.2, -0.15) is 0 Å². The maximum atomic E-state index is 12.0. The zero-order valence-electron chi connectivity index (χ0n) is 18.5. The van der Waals surface area contributed by atoms with Gasteiger partial charge in [-0.05, 0) is 38.5 Å². The third-order valence-electron chi connectivity index (χ3n) is 4.28. The van der Waals surface area contributed by atoms with Crippen LogP contribution in [-0.2, 0) is 14.3 Å². The third kappa shape index (κ3) is 19.2. The van der Waals surface area contributed by atoms with Crippen molar-refractivity contribution >= 4 is 11.9 Å². The summed E-state index contributed by atoms with van der Waals surface area (Å²) in [4.78, 5) is 22.9. The predicted molar refractivity (Wildman–Crippen MR) is 115 cm³/mol. The molecule has 5 heteroatoms. The first-order valence-corrected chi connectivity index (χ1v) is 10.8.